The third-order valence-corrected chi connectivity index (χ3v) is 3.84. The quantitative estimate of drug-likeness (QED) is 0.861. The van der Waals surface area contributed by atoms with Crippen LogP contribution in [0.4, 0.5) is 0 Å². The highest BCUT2D eigenvalue weighted by Gasteiger charge is 2.15. The molecule has 2 aromatic rings. The van der Waals surface area contributed by atoms with Crippen molar-refractivity contribution < 1.29 is 4.79 Å². The van der Waals surface area contributed by atoms with Crippen molar-refractivity contribution in [3.8, 4) is 0 Å². The fourth-order valence-corrected chi connectivity index (χ4v) is 2.71. The summed E-state index contributed by atoms with van der Waals surface area (Å²) in [6.07, 6.45) is 3.27. The average Bonchev–Trinajstić information content (AvgIpc) is 2.88. The maximum atomic E-state index is 12.3. The van der Waals surface area contributed by atoms with Crippen LogP contribution in [0.3, 0.4) is 0 Å². The molecule has 2 aromatic heterocycles. The molecule has 18 heavy (non-hydrogen) atoms. The molecule has 5 heteroatoms. The zero-order valence-electron chi connectivity index (χ0n) is 9.97. The topological polar surface area (TPSA) is 33.2 Å². The van der Waals surface area contributed by atoms with E-state index >= 15 is 0 Å². The minimum absolute atomic E-state index is 0.0136. The third kappa shape index (κ3) is 3.17. The van der Waals surface area contributed by atoms with Gasteiger partial charge in [0.05, 0.1) is 12.1 Å². The molecule has 0 fully saturated rings. The van der Waals surface area contributed by atoms with Gasteiger partial charge in [0.15, 0.2) is 0 Å². The minimum atomic E-state index is 0.0136. The number of halogens is 1. The van der Waals surface area contributed by atoms with Gasteiger partial charge in [-0.2, -0.15) is 0 Å². The number of carbonyl (C=O) groups is 1. The molecule has 0 aliphatic rings. The maximum Gasteiger partial charge on any atom is 0.255 e. The van der Waals surface area contributed by atoms with E-state index in [2.05, 4.69) is 20.9 Å². The summed E-state index contributed by atoms with van der Waals surface area (Å²) in [5.74, 6) is 0.0136. The highest BCUT2D eigenvalue weighted by molar-refractivity contribution is 9.10. The van der Waals surface area contributed by atoms with Crippen molar-refractivity contribution in [1.29, 1.82) is 0 Å². The summed E-state index contributed by atoms with van der Waals surface area (Å²) in [6, 6.07) is 5.84. The second kappa shape index (κ2) is 6.11. The molecule has 3 nitrogen and oxygen atoms in total. The van der Waals surface area contributed by atoms with Crippen LogP contribution in [-0.2, 0) is 6.54 Å². The van der Waals surface area contributed by atoms with Crippen LogP contribution >= 0.6 is 27.3 Å². The van der Waals surface area contributed by atoms with Crippen molar-refractivity contribution in [3.05, 3.63) is 50.9 Å². The van der Waals surface area contributed by atoms with Gasteiger partial charge in [-0.15, -0.1) is 11.3 Å². The van der Waals surface area contributed by atoms with E-state index in [0.29, 0.717) is 18.7 Å². The van der Waals surface area contributed by atoms with E-state index in [1.54, 1.807) is 29.8 Å². The van der Waals surface area contributed by atoms with Gasteiger partial charge >= 0.3 is 0 Å². The Kier molecular flexibility index (Phi) is 4.49. The summed E-state index contributed by atoms with van der Waals surface area (Å²) in [5.41, 5.74) is 0.614. The van der Waals surface area contributed by atoms with Crippen molar-refractivity contribution in [2.75, 3.05) is 6.54 Å². The maximum absolute atomic E-state index is 12.3. The zero-order valence-corrected chi connectivity index (χ0v) is 12.4. The lowest BCUT2D eigenvalue weighted by Crippen LogP contribution is -2.30. The minimum Gasteiger partial charge on any atom is -0.334 e. The van der Waals surface area contributed by atoms with E-state index in [4.69, 9.17) is 0 Å². The number of amides is 1. The van der Waals surface area contributed by atoms with Crippen molar-refractivity contribution in [1.82, 2.24) is 9.88 Å². The SMILES string of the molecule is CCN(Cc1cccs1)C(=O)c1cncc(Br)c1. The molecule has 0 unspecified atom stereocenters. The lowest BCUT2D eigenvalue weighted by atomic mass is 10.2. The molecule has 0 saturated carbocycles. The van der Waals surface area contributed by atoms with E-state index in [9.17, 15) is 4.79 Å². The summed E-state index contributed by atoms with van der Waals surface area (Å²) >= 11 is 4.99. The monoisotopic (exact) mass is 324 g/mol. The van der Waals surface area contributed by atoms with Crippen molar-refractivity contribution in [2.24, 2.45) is 0 Å². The van der Waals surface area contributed by atoms with Crippen LogP contribution in [0.25, 0.3) is 0 Å². The first kappa shape index (κ1) is 13.2. The van der Waals surface area contributed by atoms with Gasteiger partial charge in [0.1, 0.15) is 0 Å². The number of rotatable bonds is 4. The summed E-state index contributed by atoms with van der Waals surface area (Å²) in [6.45, 7) is 3.32. The average molecular weight is 325 g/mol. The molecule has 94 valence electrons. The van der Waals surface area contributed by atoms with Crippen molar-refractivity contribution in [3.63, 3.8) is 0 Å². The van der Waals surface area contributed by atoms with Gasteiger partial charge < -0.3 is 4.90 Å². The van der Waals surface area contributed by atoms with Gasteiger partial charge in [-0.05, 0) is 40.4 Å². The number of carbonyl (C=O) groups excluding carboxylic acids is 1. The number of aromatic nitrogens is 1. The van der Waals surface area contributed by atoms with E-state index in [1.165, 1.54) is 4.88 Å². The Hall–Kier alpha value is -1.20. The molecule has 1 amide bonds. The molecular formula is C13H13BrN2OS. The van der Waals surface area contributed by atoms with Crippen molar-refractivity contribution >= 4 is 33.2 Å². The number of pyridine rings is 1. The molecule has 0 aromatic carbocycles. The molecule has 0 N–H and O–H groups in total. The molecule has 2 rings (SSSR count). The van der Waals surface area contributed by atoms with E-state index < -0.39 is 0 Å². The Morgan fingerprint density at radius 3 is 2.94 bits per heavy atom. The van der Waals surface area contributed by atoms with Crippen molar-refractivity contribution in [2.45, 2.75) is 13.5 Å². The number of hydrogen-bond acceptors (Lipinski definition) is 3. The molecule has 0 atom stereocenters. The first-order valence-corrected chi connectivity index (χ1v) is 7.30. The van der Waals surface area contributed by atoms with Crippen LogP contribution in [0.15, 0.2) is 40.4 Å². The molecule has 0 bridgehead atoms. The molecule has 0 aliphatic carbocycles. The normalized spacial score (nSPS) is 10.3. The van der Waals surface area contributed by atoms with Gasteiger partial charge in [0.2, 0.25) is 0 Å². The molecular weight excluding hydrogens is 312 g/mol. The third-order valence-electron chi connectivity index (χ3n) is 2.55. The van der Waals surface area contributed by atoms with Gasteiger partial charge in [-0.25, -0.2) is 0 Å². The highest BCUT2D eigenvalue weighted by Crippen LogP contribution is 2.16. The smallest absolute Gasteiger partial charge is 0.255 e. The van der Waals surface area contributed by atoms with E-state index in [-0.39, 0.29) is 5.91 Å². The zero-order chi connectivity index (χ0) is 13.0. The summed E-state index contributed by atoms with van der Waals surface area (Å²) in [5, 5.41) is 2.02. The standard InChI is InChI=1S/C13H13BrN2OS/c1-2-16(9-12-4-3-5-18-12)13(17)10-6-11(14)8-15-7-10/h3-8H,2,9H2,1H3. The number of nitrogens with zero attached hydrogens (tertiary/aromatic N) is 2. The van der Waals surface area contributed by atoms with Crippen LogP contribution < -0.4 is 0 Å². The van der Waals surface area contributed by atoms with Crippen LogP contribution in [-0.4, -0.2) is 22.3 Å². The Morgan fingerprint density at radius 2 is 2.33 bits per heavy atom. The Labute approximate surface area is 119 Å². The fourth-order valence-electron chi connectivity index (χ4n) is 1.63. The first-order chi connectivity index (χ1) is 8.70. The Morgan fingerprint density at radius 1 is 1.50 bits per heavy atom. The summed E-state index contributed by atoms with van der Waals surface area (Å²) in [7, 11) is 0. The first-order valence-electron chi connectivity index (χ1n) is 5.63. The molecule has 0 radical (unpaired) electrons. The highest BCUT2D eigenvalue weighted by atomic mass is 79.9. The van der Waals surface area contributed by atoms with Crippen LogP contribution in [0, 0.1) is 0 Å². The van der Waals surface area contributed by atoms with Gasteiger partial charge in [-0.3, -0.25) is 9.78 Å². The van der Waals surface area contributed by atoms with Gasteiger partial charge in [0.25, 0.3) is 5.91 Å². The Balaban J connectivity index is 2.15. The number of thiophene rings is 1. The van der Waals surface area contributed by atoms with Crippen LogP contribution in [0.5, 0.6) is 0 Å². The largest absolute Gasteiger partial charge is 0.334 e. The lowest BCUT2D eigenvalue weighted by molar-refractivity contribution is 0.0753. The summed E-state index contributed by atoms with van der Waals surface area (Å²) < 4.78 is 0.820. The van der Waals surface area contributed by atoms with Gasteiger partial charge in [0, 0.05) is 28.3 Å². The molecule has 0 spiro atoms. The second-order valence-corrected chi connectivity index (χ2v) is 5.74. The Bertz CT molecular complexity index is 528. The number of hydrogen-bond donors (Lipinski definition) is 0. The van der Waals surface area contributed by atoms with Crippen LogP contribution in [0.1, 0.15) is 22.2 Å². The molecule has 0 saturated heterocycles. The van der Waals surface area contributed by atoms with E-state index in [0.717, 1.165) is 4.47 Å². The predicted octanol–water partition coefficient (Wildman–Crippen LogP) is 3.57. The van der Waals surface area contributed by atoms with Crippen LogP contribution in [0.2, 0.25) is 0 Å². The van der Waals surface area contributed by atoms with E-state index in [1.807, 2.05) is 29.3 Å². The summed E-state index contributed by atoms with van der Waals surface area (Å²) in [4.78, 5) is 19.4. The van der Waals surface area contributed by atoms with Gasteiger partial charge in [-0.1, -0.05) is 6.07 Å². The molecule has 0 aliphatic heterocycles. The fraction of sp³-hybridized carbons (Fsp3) is 0.231. The molecule has 2 heterocycles. The second-order valence-electron chi connectivity index (χ2n) is 3.79. The predicted molar refractivity (Wildman–Crippen MR) is 76.7 cm³/mol. The lowest BCUT2D eigenvalue weighted by Gasteiger charge is -2.20.